The number of alkyl carbamates (subject to hydrolysis) is 2. The van der Waals surface area contributed by atoms with E-state index in [0.29, 0.717) is 57.9 Å². The summed E-state index contributed by atoms with van der Waals surface area (Å²) in [4.78, 5) is 68.3. The van der Waals surface area contributed by atoms with Crippen LogP contribution in [0.25, 0.3) is 0 Å². The van der Waals surface area contributed by atoms with Crippen LogP contribution in [0.4, 0.5) is 9.59 Å². The molecule has 16 heteroatoms. The molecule has 5 amide bonds. The van der Waals surface area contributed by atoms with Gasteiger partial charge in [-0.3, -0.25) is 14.4 Å². The van der Waals surface area contributed by atoms with E-state index in [0.717, 1.165) is 0 Å². The van der Waals surface area contributed by atoms with E-state index < -0.39 is 64.0 Å². The number of carbonyl (C=O) groups is 5. The number of carbonyl (C=O) groups excluding carboxylic acids is 5. The summed E-state index contributed by atoms with van der Waals surface area (Å²) in [5.74, 6) is -0.771. The molecule has 3 atom stereocenters. The second kappa shape index (κ2) is 19.9. The Bertz CT molecular complexity index is 1470. The van der Waals surface area contributed by atoms with Crippen LogP contribution in [0.5, 0.6) is 0 Å². The lowest BCUT2D eigenvalue weighted by atomic mass is 9.79. The van der Waals surface area contributed by atoms with Crippen molar-refractivity contribution < 1.29 is 43.9 Å². The van der Waals surface area contributed by atoms with Crippen LogP contribution >= 0.6 is 0 Å². The average Bonchev–Trinajstić information content (AvgIpc) is 3.56. The molecule has 3 aliphatic heterocycles. The van der Waals surface area contributed by atoms with E-state index in [1.807, 2.05) is 69.2 Å². The summed E-state index contributed by atoms with van der Waals surface area (Å²) in [7, 11) is 0. The first-order chi connectivity index (χ1) is 27.0. The molecule has 0 saturated carbocycles. The minimum absolute atomic E-state index is 0.0310. The predicted octanol–water partition coefficient (Wildman–Crippen LogP) is 5.79. The summed E-state index contributed by atoms with van der Waals surface area (Å²) < 4.78 is 11.2. The highest BCUT2D eigenvalue weighted by Gasteiger charge is 2.47. The monoisotopic (exact) mass is 836 g/mol. The van der Waals surface area contributed by atoms with Gasteiger partial charge in [-0.2, -0.15) is 10.1 Å². The Balaban J connectivity index is 1.67. The Kier molecular flexibility index (Phi) is 16.9. The number of nitrogens with one attached hydrogen (secondary N) is 4. The third kappa shape index (κ3) is 14.9. The SMILES string of the molecule is CC(C)C[C@@H](/C=C/CC(=O)N1CCC[C@H]1C(=O)N[C@@H](CCCNC(=O)OC1CC(C)(C)N(O)C(C)(C)C1)C(=O)NC1CC(C)(C)N(O)C(C)(C)C1)NC(=O)OC(C)(C)C. The summed E-state index contributed by atoms with van der Waals surface area (Å²) in [6.07, 6.45) is 6.16. The van der Waals surface area contributed by atoms with Crippen molar-refractivity contribution in [3.05, 3.63) is 12.2 Å². The number of amides is 5. The van der Waals surface area contributed by atoms with Gasteiger partial charge in [0.05, 0.1) is 6.04 Å². The average molecular weight is 836 g/mol. The van der Waals surface area contributed by atoms with Gasteiger partial charge in [0.2, 0.25) is 17.7 Å². The van der Waals surface area contributed by atoms with Gasteiger partial charge in [-0.05, 0) is 127 Å². The van der Waals surface area contributed by atoms with Crippen molar-refractivity contribution in [3.8, 4) is 0 Å². The van der Waals surface area contributed by atoms with Crippen LogP contribution in [-0.2, 0) is 23.9 Å². The summed E-state index contributed by atoms with van der Waals surface area (Å²) in [5.41, 5.74) is -3.04. The smallest absolute Gasteiger partial charge is 0.408 e. The zero-order valence-corrected chi connectivity index (χ0v) is 38.2. The number of hydroxylamine groups is 4. The minimum Gasteiger partial charge on any atom is -0.446 e. The lowest BCUT2D eigenvalue weighted by Crippen LogP contribution is -2.64. The van der Waals surface area contributed by atoms with E-state index in [2.05, 4.69) is 21.3 Å². The summed E-state index contributed by atoms with van der Waals surface area (Å²) in [6.45, 7) is 25.3. The maximum absolute atomic E-state index is 14.0. The molecule has 0 spiro atoms. The first-order valence-electron chi connectivity index (χ1n) is 21.5. The lowest BCUT2D eigenvalue weighted by Gasteiger charge is -2.51. The molecule has 3 saturated heterocycles. The molecule has 59 heavy (non-hydrogen) atoms. The molecule has 3 aliphatic rings. The topological polar surface area (TPSA) is 202 Å². The number of hydrogen-bond donors (Lipinski definition) is 6. The highest BCUT2D eigenvalue weighted by atomic mass is 16.6. The molecule has 3 heterocycles. The number of hydrogen-bond acceptors (Lipinski definition) is 11. The van der Waals surface area contributed by atoms with Gasteiger partial charge in [0.1, 0.15) is 23.8 Å². The normalized spacial score (nSPS) is 23.4. The van der Waals surface area contributed by atoms with Crippen molar-refractivity contribution >= 4 is 29.9 Å². The quantitative estimate of drug-likeness (QED) is 0.0861. The first-order valence-corrected chi connectivity index (χ1v) is 21.5. The zero-order valence-electron chi connectivity index (χ0n) is 38.2. The highest BCUT2D eigenvalue weighted by molar-refractivity contribution is 5.92. The Morgan fingerprint density at radius 1 is 0.831 bits per heavy atom. The Morgan fingerprint density at radius 2 is 1.39 bits per heavy atom. The molecule has 0 bridgehead atoms. The molecule has 3 rings (SSSR count). The van der Waals surface area contributed by atoms with E-state index >= 15 is 0 Å². The van der Waals surface area contributed by atoms with Gasteiger partial charge in [0.15, 0.2) is 0 Å². The van der Waals surface area contributed by atoms with Crippen molar-refractivity contribution in [1.29, 1.82) is 0 Å². The highest BCUT2D eigenvalue weighted by Crippen LogP contribution is 2.38. The molecular weight excluding hydrogens is 759 g/mol. The largest absolute Gasteiger partial charge is 0.446 e. The Hall–Kier alpha value is -3.47. The molecule has 0 aromatic carbocycles. The van der Waals surface area contributed by atoms with Crippen LogP contribution in [0.2, 0.25) is 0 Å². The Morgan fingerprint density at radius 3 is 1.93 bits per heavy atom. The third-order valence-corrected chi connectivity index (χ3v) is 11.4. The summed E-state index contributed by atoms with van der Waals surface area (Å²) in [5, 5.41) is 35.8. The van der Waals surface area contributed by atoms with Crippen molar-refractivity contribution in [1.82, 2.24) is 36.3 Å². The van der Waals surface area contributed by atoms with Crippen molar-refractivity contribution in [2.45, 2.75) is 212 Å². The standard InChI is InChI=1S/C43H77N7O9/c1-28(2)23-29(46-38(55)59-39(3,4)5)17-14-20-34(51)48-22-16-19-33(48)36(53)47-32(35(52)45-30-24-40(6,7)49(56)41(8,9)25-30)18-15-21-44-37(54)58-31-26-42(10,11)50(57)43(12,13)27-31/h14,17,28-33,56-57H,15-16,18-27H2,1-13H3,(H,44,54)(H,45,52)(H,46,55)(H,47,53)/b17-14+/t29-,32+,33+/m1/s1. The van der Waals surface area contributed by atoms with Crippen LogP contribution in [0.3, 0.4) is 0 Å². The van der Waals surface area contributed by atoms with E-state index in [1.165, 1.54) is 10.1 Å². The van der Waals surface area contributed by atoms with Gasteiger partial charge in [-0.15, -0.1) is 0 Å². The number of nitrogens with zero attached hydrogens (tertiary/aromatic N) is 3. The Labute approximate surface area is 352 Å². The van der Waals surface area contributed by atoms with E-state index in [-0.39, 0.29) is 49.2 Å². The fraction of sp³-hybridized carbons (Fsp3) is 0.837. The summed E-state index contributed by atoms with van der Waals surface area (Å²) in [6, 6.07) is -2.34. The van der Waals surface area contributed by atoms with Crippen LogP contribution in [0, 0.1) is 5.92 Å². The molecular formula is C43H77N7O9. The van der Waals surface area contributed by atoms with E-state index in [1.54, 1.807) is 37.8 Å². The third-order valence-electron chi connectivity index (χ3n) is 11.4. The van der Waals surface area contributed by atoms with Gasteiger partial charge in [-0.1, -0.05) is 26.0 Å². The van der Waals surface area contributed by atoms with Crippen molar-refractivity contribution in [2.75, 3.05) is 13.1 Å². The predicted molar refractivity (Wildman–Crippen MR) is 225 cm³/mol. The van der Waals surface area contributed by atoms with Crippen LogP contribution in [-0.4, -0.2) is 126 Å². The van der Waals surface area contributed by atoms with Crippen LogP contribution in [0.1, 0.15) is 154 Å². The second-order valence-electron chi connectivity index (χ2n) is 20.8. The van der Waals surface area contributed by atoms with E-state index in [4.69, 9.17) is 9.47 Å². The molecule has 338 valence electrons. The fourth-order valence-corrected chi connectivity index (χ4v) is 9.10. The number of ether oxygens (including phenoxy) is 2. The molecule has 16 nitrogen and oxygen atoms in total. The van der Waals surface area contributed by atoms with Crippen molar-refractivity contribution in [2.24, 2.45) is 5.92 Å². The van der Waals surface area contributed by atoms with Crippen LogP contribution in [0.15, 0.2) is 12.2 Å². The van der Waals surface area contributed by atoms with Gasteiger partial charge in [-0.25, -0.2) is 9.59 Å². The first kappa shape index (κ1) is 49.9. The van der Waals surface area contributed by atoms with E-state index in [9.17, 15) is 34.4 Å². The van der Waals surface area contributed by atoms with Crippen molar-refractivity contribution in [3.63, 3.8) is 0 Å². The van der Waals surface area contributed by atoms with Crippen LogP contribution < -0.4 is 21.3 Å². The zero-order chi connectivity index (χ0) is 44.7. The molecule has 0 aromatic heterocycles. The van der Waals surface area contributed by atoms with Gasteiger partial charge in [0, 0.05) is 60.5 Å². The summed E-state index contributed by atoms with van der Waals surface area (Å²) >= 11 is 0. The molecule has 6 N–H and O–H groups in total. The number of piperidine rings is 2. The minimum atomic E-state index is -0.956. The molecule has 0 radical (unpaired) electrons. The second-order valence-corrected chi connectivity index (χ2v) is 20.8. The fourth-order valence-electron chi connectivity index (χ4n) is 9.10. The maximum Gasteiger partial charge on any atom is 0.408 e. The molecule has 0 unspecified atom stereocenters. The van der Waals surface area contributed by atoms with Gasteiger partial charge >= 0.3 is 12.2 Å². The lowest BCUT2D eigenvalue weighted by molar-refractivity contribution is -0.256. The molecule has 0 aliphatic carbocycles. The number of likely N-dealkylation sites (tertiary alicyclic amines) is 1. The van der Waals surface area contributed by atoms with Gasteiger partial charge < -0.3 is 46.1 Å². The van der Waals surface area contributed by atoms with Gasteiger partial charge in [0.25, 0.3) is 0 Å². The number of rotatable bonds is 15. The maximum atomic E-state index is 14.0. The molecule has 3 fully saturated rings. The molecule has 0 aromatic rings.